The summed E-state index contributed by atoms with van der Waals surface area (Å²) in [5, 5.41) is 21.2. The maximum absolute atomic E-state index is 12.2. The summed E-state index contributed by atoms with van der Waals surface area (Å²) in [6.07, 6.45) is 2.67. The number of aliphatic hydroxyl groups excluding tert-OH is 1. The van der Waals surface area contributed by atoms with E-state index in [0.717, 1.165) is 11.3 Å². The van der Waals surface area contributed by atoms with Gasteiger partial charge in [-0.1, -0.05) is 30.3 Å². The number of aromatic amines is 2. The fourth-order valence-corrected chi connectivity index (χ4v) is 2.17. The highest BCUT2D eigenvalue weighted by Crippen LogP contribution is 2.19. The number of aromatic nitrogens is 4. The maximum Gasteiger partial charge on any atom is 0.270 e. The number of H-pyrrole nitrogens is 2. The van der Waals surface area contributed by atoms with Crippen LogP contribution in [-0.2, 0) is 4.79 Å². The Morgan fingerprint density at radius 1 is 1.24 bits per heavy atom. The Hall–Kier alpha value is -3.46. The number of carbonyl (C=O) groups is 2. The van der Waals surface area contributed by atoms with Gasteiger partial charge in [0.1, 0.15) is 11.7 Å². The predicted molar refractivity (Wildman–Crippen MR) is 89.6 cm³/mol. The number of anilines is 1. The second-order valence-electron chi connectivity index (χ2n) is 5.20. The highest BCUT2D eigenvalue weighted by Gasteiger charge is 2.22. The molecule has 2 heterocycles. The summed E-state index contributed by atoms with van der Waals surface area (Å²) < 4.78 is 0. The van der Waals surface area contributed by atoms with Gasteiger partial charge < -0.3 is 20.7 Å². The van der Waals surface area contributed by atoms with Crippen LogP contribution in [0.15, 0.2) is 48.9 Å². The number of nitrogens with one attached hydrogen (secondary N) is 4. The summed E-state index contributed by atoms with van der Waals surface area (Å²) >= 11 is 0. The van der Waals surface area contributed by atoms with E-state index in [1.54, 1.807) is 6.07 Å². The first kappa shape index (κ1) is 16.4. The van der Waals surface area contributed by atoms with Gasteiger partial charge in [0.15, 0.2) is 5.82 Å². The molecule has 0 aliphatic carbocycles. The fraction of sp³-hybridized carbons (Fsp3) is 0.125. The van der Waals surface area contributed by atoms with Crippen LogP contribution in [0, 0.1) is 0 Å². The van der Waals surface area contributed by atoms with Crippen LogP contribution < -0.4 is 10.6 Å². The van der Waals surface area contributed by atoms with Crippen molar-refractivity contribution in [1.29, 1.82) is 0 Å². The zero-order chi connectivity index (χ0) is 17.6. The Bertz CT molecular complexity index is 844. The third kappa shape index (κ3) is 3.90. The van der Waals surface area contributed by atoms with Crippen LogP contribution in [-0.4, -0.2) is 49.7 Å². The summed E-state index contributed by atoms with van der Waals surface area (Å²) in [6, 6.07) is 10.0. The Labute approximate surface area is 142 Å². The molecule has 2 aromatic heterocycles. The van der Waals surface area contributed by atoms with Crippen molar-refractivity contribution < 1.29 is 14.7 Å². The van der Waals surface area contributed by atoms with Gasteiger partial charge in [-0.25, -0.2) is 4.98 Å². The van der Waals surface area contributed by atoms with Crippen molar-refractivity contribution in [3.05, 3.63) is 54.6 Å². The minimum Gasteiger partial charge on any atom is -0.394 e. The molecular formula is C16H16N6O3. The minimum atomic E-state index is -1.12. The Morgan fingerprint density at radius 3 is 2.72 bits per heavy atom. The van der Waals surface area contributed by atoms with Gasteiger partial charge in [-0.2, -0.15) is 5.10 Å². The molecule has 1 atom stereocenters. The van der Waals surface area contributed by atoms with Crippen LogP contribution in [0.3, 0.4) is 0 Å². The largest absolute Gasteiger partial charge is 0.394 e. The summed E-state index contributed by atoms with van der Waals surface area (Å²) in [7, 11) is 0. The Morgan fingerprint density at radius 2 is 2.04 bits per heavy atom. The van der Waals surface area contributed by atoms with Gasteiger partial charge in [-0.3, -0.25) is 14.7 Å². The van der Waals surface area contributed by atoms with Crippen molar-refractivity contribution >= 4 is 17.6 Å². The van der Waals surface area contributed by atoms with E-state index >= 15 is 0 Å². The van der Waals surface area contributed by atoms with Crippen molar-refractivity contribution in [3.63, 3.8) is 0 Å². The molecule has 1 aromatic carbocycles. The molecule has 0 fully saturated rings. The molecule has 0 radical (unpaired) electrons. The van der Waals surface area contributed by atoms with E-state index in [1.807, 2.05) is 30.3 Å². The van der Waals surface area contributed by atoms with E-state index in [2.05, 4.69) is 30.8 Å². The number of rotatable bonds is 6. The number of hydrogen-bond donors (Lipinski definition) is 5. The van der Waals surface area contributed by atoms with Crippen LogP contribution in [0.5, 0.6) is 0 Å². The zero-order valence-electron chi connectivity index (χ0n) is 13.1. The number of hydrogen-bond acceptors (Lipinski definition) is 5. The van der Waals surface area contributed by atoms with E-state index in [4.69, 9.17) is 0 Å². The number of benzene rings is 1. The first-order valence-corrected chi connectivity index (χ1v) is 7.49. The lowest BCUT2D eigenvalue weighted by Crippen LogP contribution is -2.46. The summed E-state index contributed by atoms with van der Waals surface area (Å²) in [4.78, 5) is 30.5. The molecule has 0 aliphatic rings. The third-order valence-corrected chi connectivity index (χ3v) is 3.46. The molecule has 0 aliphatic heterocycles. The van der Waals surface area contributed by atoms with Gasteiger partial charge >= 0.3 is 0 Å². The van der Waals surface area contributed by atoms with Gasteiger partial charge in [0.2, 0.25) is 0 Å². The number of carbonyl (C=O) groups excluding carboxylic acids is 2. The third-order valence-electron chi connectivity index (χ3n) is 3.46. The molecular weight excluding hydrogens is 324 g/mol. The molecule has 2 amide bonds. The SMILES string of the molecule is O=C(NC(CO)C(=O)Nc1cc(-c2ccccc2)[nH]n1)c1cnc[nH]1. The standard InChI is InChI=1S/C16H16N6O3/c23-8-13(19-15(24)12-7-17-9-18-12)16(25)20-14-6-11(21-22-14)10-4-2-1-3-5-10/h1-7,9,13,23H,8H2,(H,17,18)(H,19,24)(H2,20,21,22,25). The Kier molecular flexibility index (Phi) is 4.86. The molecule has 128 valence electrons. The molecule has 5 N–H and O–H groups in total. The normalized spacial score (nSPS) is 11.7. The summed E-state index contributed by atoms with van der Waals surface area (Å²) in [5.41, 5.74) is 1.84. The molecule has 9 nitrogen and oxygen atoms in total. The van der Waals surface area contributed by atoms with Crippen molar-refractivity contribution in [1.82, 2.24) is 25.5 Å². The van der Waals surface area contributed by atoms with Crippen LogP contribution in [0.4, 0.5) is 5.82 Å². The molecule has 0 bridgehead atoms. The van der Waals surface area contributed by atoms with Crippen LogP contribution in [0.25, 0.3) is 11.3 Å². The van der Waals surface area contributed by atoms with Gasteiger partial charge in [0.25, 0.3) is 11.8 Å². The highest BCUT2D eigenvalue weighted by atomic mass is 16.3. The molecule has 0 saturated carbocycles. The Balaban J connectivity index is 1.64. The molecule has 0 saturated heterocycles. The number of imidazole rings is 1. The number of aliphatic hydroxyl groups is 1. The van der Waals surface area contributed by atoms with E-state index in [9.17, 15) is 14.7 Å². The lowest BCUT2D eigenvalue weighted by atomic mass is 10.1. The van der Waals surface area contributed by atoms with Gasteiger partial charge in [0.05, 0.1) is 24.8 Å². The molecule has 0 spiro atoms. The monoisotopic (exact) mass is 340 g/mol. The molecule has 9 heteroatoms. The lowest BCUT2D eigenvalue weighted by molar-refractivity contribution is -0.118. The number of amides is 2. The zero-order valence-corrected chi connectivity index (χ0v) is 13.1. The van der Waals surface area contributed by atoms with Gasteiger partial charge in [-0.05, 0) is 5.56 Å². The first-order chi connectivity index (χ1) is 12.2. The average Bonchev–Trinajstić information content (AvgIpc) is 3.32. The molecule has 3 rings (SSSR count). The average molecular weight is 340 g/mol. The van der Waals surface area contributed by atoms with Crippen molar-refractivity contribution in [3.8, 4) is 11.3 Å². The predicted octanol–water partition coefficient (Wildman–Crippen LogP) is 0.529. The first-order valence-electron chi connectivity index (χ1n) is 7.49. The van der Waals surface area contributed by atoms with Crippen molar-refractivity contribution in [2.45, 2.75) is 6.04 Å². The maximum atomic E-state index is 12.2. The van der Waals surface area contributed by atoms with E-state index in [0.29, 0.717) is 0 Å². The lowest BCUT2D eigenvalue weighted by Gasteiger charge is -2.14. The van der Waals surface area contributed by atoms with Crippen molar-refractivity contribution in [2.24, 2.45) is 0 Å². The highest BCUT2D eigenvalue weighted by molar-refractivity contribution is 6.00. The quantitative estimate of drug-likeness (QED) is 0.446. The summed E-state index contributed by atoms with van der Waals surface area (Å²) in [6.45, 7) is -0.554. The van der Waals surface area contributed by atoms with E-state index in [-0.39, 0.29) is 11.5 Å². The fourth-order valence-electron chi connectivity index (χ4n) is 2.17. The second-order valence-corrected chi connectivity index (χ2v) is 5.20. The minimum absolute atomic E-state index is 0.192. The van der Waals surface area contributed by atoms with Crippen LogP contribution >= 0.6 is 0 Å². The van der Waals surface area contributed by atoms with Gasteiger partial charge in [-0.15, -0.1) is 0 Å². The van der Waals surface area contributed by atoms with Crippen molar-refractivity contribution in [2.75, 3.05) is 11.9 Å². The summed E-state index contributed by atoms with van der Waals surface area (Å²) in [5.74, 6) is -0.835. The number of nitrogens with zero attached hydrogens (tertiary/aromatic N) is 2. The molecule has 1 unspecified atom stereocenters. The molecule has 25 heavy (non-hydrogen) atoms. The second kappa shape index (κ2) is 7.41. The van der Waals surface area contributed by atoms with Crippen LogP contribution in [0.1, 0.15) is 10.5 Å². The van der Waals surface area contributed by atoms with Crippen LogP contribution in [0.2, 0.25) is 0 Å². The van der Waals surface area contributed by atoms with E-state index < -0.39 is 24.5 Å². The van der Waals surface area contributed by atoms with E-state index in [1.165, 1.54) is 12.5 Å². The van der Waals surface area contributed by atoms with Gasteiger partial charge in [0, 0.05) is 6.07 Å². The topological polar surface area (TPSA) is 136 Å². The smallest absolute Gasteiger partial charge is 0.270 e. The molecule has 3 aromatic rings.